The van der Waals surface area contributed by atoms with Crippen LogP contribution in [0.4, 0.5) is 34.1 Å². The number of furan rings is 1. The zero-order valence-electron chi connectivity index (χ0n) is 37.7. The number of hydrogen-bond acceptors (Lipinski definition) is 3. The van der Waals surface area contributed by atoms with Crippen molar-refractivity contribution in [1.29, 1.82) is 0 Å². The molecule has 12 aromatic carbocycles. The summed E-state index contributed by atoms with van der Waals surface area (Å²) in [5.74, 6) is 0. The third-order valence-corrected chi connectivity index (χ3v) is 13.7. The molecule has 0 atom stereocenters. The molecule has 0 saturated carbocycles. The first-order valence-corrected chi connectivity index (χ1v) is 23.6. The monoisotopic (exact) mass is 880 g/mol. The van der Waals surface area contributed by atoms with Gasteiger partial charge in [-0.3, -0.25) is 0 Å². The Morgan fingerprint density at radius 1 is 0.188 bits per heavy atom. The highest BCUT2D eigenvalue weighted by atomic mass is 16.3. The SMILES string of the molecule is c1ccc(N(c2ccccc2)c2ccc(-c3ccc(N(c4ccc(-c5ccc6oc7ccccc7c6c5)cc4)c4ccc(-c5ccc6c7ccccc7c7ccccc7c6c5)cc4)cc3)cc2)cc1. The largest absolute Gasteiger partial charge is 0.456 e. The molecule has 1 aromatic heterocycles. The van der Waals surface area contributed by atoms with Crippen molar-refractivity contribution in [3.05, 3.63) is 267 Å². The third kappa shape index (κ3) is 7.25. The standard InChI is InChI=1S/C66H44N2O/c1-3-13-51(14-4-1)67(52-15-5-2-6-16-52)53-33-23-45(24-34-53)46-25-35-54(36-26-46)68(56-39-29-48(30-40-56)50-32-42-66-64(44-50)62-21-11-12-22-65(62)69-66)55-37-27-47(28-38-55)49-31-41-61-59-19-8-7-17-57(59)58-18-9-10-20-60(58)63(61)43-49/h1-44H. The molecule has 0 aliphatic heterocycles. The van der Waals surface area contributed by atoms with Crippen LogP contribution in [-0.4, -0.2) is 0 Å². The van der Waals surface area contributed by atoms with Crippen LogP contribution in [0.25, 0.3) is 87.6 Å². The second-order valence-electron chi connectivity index (χ2n) is 17.7. The van der Waals surface area contributed by atoms with Crippen molar-refractivity contribution in [2.45, 2.75) is 0 Å². The van der Waals surface area contributed by atoms with E-state index >= 15 is 0 Å². The number of nitrogens with zero attached hydrogens (tertiary/aromatic N) is 2. The van der Waals surface area contributed by atoms with Gasteiger partial charge in [-0.25, -0.2) is 0 Å². The molecule has 1 heterocycles. The predicted molar refractivity (Wildman–Crippen MR) is 292 cm³/mol. The van der Waals surface area contributed by atoms with Crippen molar-refractivity contribution in [3.8, 4) is 33.4 Å². The normalized spacial score (nSPS) is 11.5. The summed E-state index contributed by atoms with van der Waals surface area (Å²) in [4.78, 5) is 4.65. The summed E-state index contributed by atoms with van der Waals surface area (Å²) < 4.78 is 6.16. The van der Waals surface area contributed by atoms with E-state index < -0.39 is 0 Å². The molecule has 0 radical (unpaired) electrons. The highest BCUT2D eigenvalue weighted by molar-refractivity contribution is 6.25. The lowest BCUT2D eigenvalue weighted by Gasteiger charge is -2.26. The van der Waals surface area contributed by atoms with Crippen molar-refractivity contribution in [2.24, 2.45) is 0 Å². The Labute approximate surface area is 401 Å². The van der Waals surface area contributed by atoms with E-state index in [4.69, 9.17) is 4.42 Å². The number of anilines is 6. The minimum Gasteiger partial charge on any atom is -0.456 e. The summed E-state index contributed by atoms with van der Waals surface area (Å²) in [7, 11) is 0. The van der Waals surface area contributed by atoms with E-state index in [0.717, 1.165) is 78.3 Å². The molecular formula is C66H44N2O. The van der Waals surface area contributed by atoms with Gasteiger partial charge in [-0.15, -0.1) is 0 Å². The van der Waals surface area contributed by atoms with Crippen LogP contribution in [0.2, 0.25) is 0 Å². The molecule has 0 saturated heterocycles. The first-order valence-electron chi connectivity index (χ1n) is 23.6. The molecule has 0 fully saturated rings. The quantitative estimate of drug-likeness (QED) is 0.135. The van der Waals surface area contributed by atoms with Crippen molar-refractivity contribution in [3.63, 3.8) is 0 Å². The molecule has 0 aliphatic carbocycles. The van der Waals surface area contributed by atoms with Crippen LogP contribution in [0.1, 0.15) is 0 Å². The number of hydrogen-bond donors (Lipinski definition) is 0. The van der Waals surface area contributed by atoms with Gasteiger partial charge in [-0.1, -0.05) is 170 Å². The van der Waals surface area contributed by atoms with Gasteiger partial charge in [0, 0.05) is 44.9 Å². The molecule has 0 spiro atoms. The van der Waals surface area contributed by atoms with E-state index in [1.807, 2.05) is 12.1 Å². The molecule has 0 aliphatic rings. The van der Waals surface area contributed by atoms with Crippen LogP contribution < -0.4 is 9.80 Å². The van der Waals surface area contributed by atoms with Crippen molar-refractivity contribution < 1.29 is 4.42 Å². The summed E-state index contributed by atoms with van der Waals surface area (Å²) in [6.45, 7) is 0. The second-order valence-corrected chi connectivity index (χ2v) is 17.7. The Morgan fingerprint density at radius 2 is 0.478 bits per heavy atom. The predicted octanol–water partition coefficient (Wildman–Crippen LogP) is 19.0. The van der Waals surface area contributed by atoms with Gasteiger partial charge in [0.05, 0.1) is 0 Å². The third-order valence-electron chi connectivity index (χ3n) is 13.7. The number of rotatable bonds is 9. The molecule has 13 aromatic rings. The topological polar surface area (TPSA) is 19.6 Å². The van der Waals surface area contributed by atoms with E-state index in [2.05, 4.69) is 265 Å². The Kier molecular flexibility index (Phi) is 9.84. The van der Waals surface area contributed by atoms with Gasteiger partial charge in [0.2, 0.25) is 0 Å². The molecule has 0 N–H and O–H groups in total. The van der Waals surface area contributed by atoms with Gasteiger partial charge in [0.1, 0.15) is 11.2 Å². The fourth-order valence-electron chi connectivity index (χ4n) is 10.3. The fourth-order valence-corrected chi connectivity index (χ4v) is 10.3. The van der Waals surface area contributed by atoms with E-state index in [1.165, 1.54) is 43.4 Å². The van der Waals surface area contributed by atoms with Gasteiger partial charge in [-0.2, -0.15) is 0 Å². The first-order chi connectivity index (χ1) is 34.2. The average Bonchev–Trinajstić information content (AvgIpc) is 3.81. The molecule has 3 heteroatoms. The van der Waals surface area contributed by atoms with Crippen LogP contribution in [0.15, 0.2) is 271 Å². The number of fused-ring (bicyclic) bond motifs is 9. The van der Waals surface area contributed by atoms with Crippen molar-refractivity contribution >= 4 is 88.4 Å². The lowest BCUT2D eigenvalue weighted by atomic mass is 9.92. The summed E-state index contributed by atoms with van der Waals surface area (Å²) in [6, 6.07) is 96.1. The summed E-state index contributed by atoms with van der Waals surface area (Å²) in [5.41, 5.74) is 15.4. The number of benzene rings is 12. The van der Waals surface area contributed by atoms with E-state index in [9.17, 15) is 0 Å². The molecule has 0 amide bonds. The lowest BCUT2D eigenvalue weighted by Crippen LogP contribution is -2.10. The van der Waals surface area contributed by atoms with E-state index in [-0.39, 0.29) is 0 Å². The maximum atomic E-state index is 6.16. The number of para-hydroxylation sites is 3. The molecule has 324 valence electrons. The van der Waals surface area contributed by atoms with Gasteiger partial charge >= 0.3 is 0 Å². The van der Waals surface area contributed by atoms with Crippen molar-refractivity contribution in [1.82, 2.24) is 0 Å². The highest BCUT2D eigenvalue weighted by Gasteiger charge is 2.17. The van der Waals surface area contributed by atoms with Crippen LogP contribution in [0, 0.1) is 0 Å². The van der Waals surface area contributed by atoms with Crippen LogP contribution in [0.5, 0.6) is 0 Å². The fraction of sp³-hybridized carbons (Fsp3) is 0. The van der Waals surface area contributed by atoms with Crippen molar-refractivity contribution in [2.75, 3.05) is 9.80 Å². The lowest BCUT2D eigenvalue weighted by molar-refractivity contribution is 0.669. The Morgan fingerprint density at radius 3 is 0.928 bits per heavy atom. The average molecular weight is 881 g/mol. The van der Waals surface area contributed by atoms with E-state index in [1.54, 1.807) is 0 Å². The van der Waals surface area contributed by atoms with Gasteiger partial charge in [0.25, 0.3) is 0 Å². The second kappa shape index (κ2) is 16.9. The van der Waals surface area contributed by atoms with Crippen LogP contribution in [0.3, 0.4) is 0 Å². The maximum Gasteiger partial charge on any atom is 0.135 e. The molecule has 0 bridgehead atoms. The summed E-state index contributed by atoms with van der Waals surface area (Å²) in [5, 5.41) is 9.94. The van der Waals surface area contributed by atoms with Gasteiger partial charge < -0.3 is 14.2 Å². The zero-order valence-corrected chi connectivity index (χ0v) is 37.7. The van der Waals surface area contributed by atoms with Crippen LogP contribution >= 0.6 is 0 Å². The van der Waals surface area contributed by atoms with Gasteiger partial charge in [-0.05, 0) is 163 Å². The Bertz CT molecular complexity index is 3900. The minimum atomic E-state index is 0.900. The first kappa shape index (κ1) is 40.1. The smallest absolute Gasteiger partial charge is 0.135 e. The molecule has 3 nitrogen and oxygen atoms in total. The molecule has 69 heavy (non-hydrogen) atoms. The Hall–Kier alpha value is -9.18. The minimum absolute atomic E-state index is 0.900. The molecule has 0 unspecified atom stereocenters. The summed E-state index contributed by atoms with van der Waals surface area (Å²) >= 11 is 0. The zero-order chi connectivity index (χ0) is 45.7. The highest BCUT2D eigenvalue weighted by Crippen LogP contribution is 2.42. The van der Waals surface area contributed by atoms with Crippen LogP contribution in [-0.2, 0) is 0 Å². The molecule has 13 rings (SSSR count). The Balaban J connectivity index is 0.858. The molecular weight excluding hydrogens is 837 g/mol. The summed E-state index contributed by atoms with van der Waals surface area (Å²) in [6.07, 6.45) is 0. The van der Waals surface area contributed by atoms with E-state index in [0.29, 0.717) is 0 Å². The maximum absolute atomic E-state index is 6.16. The van der Waals surface area contributed by atoms with Gasteiger partial charge in [0.15, 0.2) is 0 Å².